The summed E-state index contributed by atoms with van der Waals surface area (Å²) in [5.74, 6) is -0.526. The maximum atomic E-state index is 12.5. The number of halogens is 4. The first-order valence-electron chi connectivity index (χ1n) is 8.28. The molecule has 1 aliphatic rings. The second-order valence-electron chi connectivity index (χ2n) is 6.36. The quantitative estimate of drug-likeness (QED) is 0.624. The van der Waals surface area contributed by atoms with Gasteiger partial charge in [0.25, 0.3) is 5.91 Å². The van der Waals surface area contributed by atoms with Gasteiger partial charge in [0.2, 0.25) is 0 Å². The van der Waals surface area contributed by atoms with E-state index < -0.39 is 5.91 Å². The minimum absolute atomic E-state index is 0.00520. The number of benzene rings is 1. The molecule has 0 unspecified atom stereocenters. The molecule has 3 rings (SSSR count). The fourth-order valence-electron chi connectivity index (χ4n) is 2.97. The van der Waals surface area contributed by atoms with Gasteiger partial charge in [-0.3, -0.25) is 4.79 Å². The first-order valence-corrected chi connectivity index (χ1v) is 9.79. The number of aromatic nitrogens is 1. The Labute approximate surface area is 177 Å². The van der Waals surface area contributed by atoms with Crippen LogP contribution < -0.4 is 10.2 Å². The van der Waals surface area contributed by atoms with Gasteiger partial charge in [-0.25, -0.2) is 4.98 Å². The summed E-state index contributed by atoms with van der Waals surface area (Å²) in [6.45, 7) is 5.74. The molecular formula is C18H17Cl4N3O2. The van der Waals surface area contributed by atoms with Crippen molar-refractivity contribution in [1.82, 2.24) is 4.98 Å². The highest BCUT2D eigenvalue weighted by Crippen LogP contribution is 2.36. The summed E-state index contributed by atoms with van der Waals surface area (Å²) in [6, 6.07) is 7.50. The average Bonchev–Trinajstić information content (AvgIpc) is 2.62. The molecule has 0 spiro atoms. The molecule has 1 N–H and O–H groups in total. The van der Waals surface area contributed by atoms with E-state index >= 15 is 0 Å². The van der Waals surface area contributed by atoms with Crippen LogP contribution in [0.4, 0.5) is 11.4 Å². The highest BCUT2D eigenvalue weighted by atomic mass is 35.5. The van der Waals surface area contributed by atoms with Crippen LogP contribution in [0.15, 0.2) is 24.3 Å². The van der Waals surface area contributed by atoms with E-state index in [1.54, 1.807) is 0 Å². The average molecular weight is 449 g/mol. The van der Waals surface area contributed by atoms with Crippen molar-refractivity contribution in [2.45, 2.75) is 26.1 Å². The fourth-order valence-corrected chi connectivity index (χ4v) is 3.79. The molecule has 0 saturated carbocycles. The summed E-state index contributed by atoms with van der Waals surface area (Å²) in [5, 5.41) is 2.61. The van der Waals surface area contributed by atoms with Crippen LogP contribution in [0, 0.1) is 0 Å². The van der Waals surface area contributed by atoms with Crippen molar-refractivity contribution in [2.75, 3.05) is 23.3 Å². The van der Waals surface area contributed by atoms with Gasteiger partial charge in [0.1, 0.15) is 10.8 Å². The number of pyridine rings is 1. The Kier molecular flexibility index (Phi) is 6.39. The van der Waals surface area contributed by atoms with Gasteiger partial charge in [-0.1, -0.05) is 46.4 Å². The first-order chi connectivity index (χ1) is 12.8. The maximum Gasteiger partial charge on any atom is 0.275 e. The van der Waals surface area contributed by atoms with E-state index in [4.69, 9.17) is 51.1 Å². The summed E-state index contributed by atoms with van der Waals surface area (Å²) in [4.78, 5) is 18.6. The van der Waals surface area contributed by atoms with E-state index in [0.29, 0.717) is 5.69 Å². The van der Waals surface area contributed by atoms with E-state index in [9.17, 15) is 4.79 Å². The molecule has 1 aliphatic heterocycles. The maximum absolute atomic E-state index is 12.5. The van der Waals surface area contributed by atoms with Gasteiger partial charge >= 0.3 is 0 Å². The molecule has 1 aromatic carbocycles. The predicted molar refractivity (Wildman–Crippen MR) is 111 cm³/mol. The second-order valence-corrected chi connectivity index (χ2v) is 7.85. The molecule has 9 heteroatoms. The minimum atomic E-state index is -0.526. The number of amides is 1. The normalized spacial score (nSPS) is 19.9. The molecule has 2 heterocycles. The van der Waals surface area contributed by atoms with E-state index in [1.807, 2.05) is 24.3 Å². The van der Waals surface area contributed by atoms with Crippen LogP contribution in [-0.4, -0.2) is 36.2 Å². The molecule has 2 aromatic rings. The van der Waals surface area contributed by atoms with Crippen molar-refractivity contribution in [2.24, 2.45) is 0 Å². The van der Waals surface area contributed by atoms with Gasteiger partial charge in [-0.15, -0.1) is 0 Å². The van der Waals surface area contributed by atoms with Gasteiger partial charge in [0.05, 0.1) is 27.3 Å². The minimum Gasteiger partial charge on any atom is -0.372 e. The van der Waals surface area contributed by atoms with E-state index in [1.165, 1.54) is 0 Å². The SMILES string of the molecule is C[C@@H]1CN(c2ccc(NC(=O)c3nc(Cl)c(Cl)c(Cl)c3Cl)cc2)C[C@@H](C)O1. The van der Waals surface area contributed by atoms with E-state index in [2.05, 4.69) is 29.0 Å². The molecule has 27 heavy (non-hydrogen) atoms. The number of nitrogens with zero attached hydrogens (tertiary/aromatic N) is 2. The number of carbonyl (C=O) groups excluding carboxylic acids is 1. The fraction of sp³-hybridized carbons (Fsp3) is 0.333. The summed E-state index contributed by atoms with van der Waals surface area (Å²) in [7, 11) is 0. The number of rotatable bonds is 3. The zero-order chi connectivity index (χ0) is 19.7. The third-order valence-electron chi connectivity index (χ3n) is 4.11. The molecule has 0 radical (unpaired) electrons. The van der Waals surface area contributed by atoms with Gasteiger partial charge in [-0.2, -0.15) is 0 Å². The number of hydrogen-bond acceptors (Lipinski definition) is 4. The summed E-state index contributed by atoms with van der Waals surface area (Å²) >= 11 is 23.8. The molecule has 1 amide bonds. The molecule has 0 aliphatic carbocycles. The Hall–Kier alpha value is -1.24. The van der Waals surface area contributed by atoms with Gasteiger partial charge in [-0.05, 0) is 38.1 Å². The van der Waals surface area contributed by atoms with Gasteiger partial charge in [0, 0.05) is 24.5 Å². The van der Waals surface area contributed by atoms with Crippen LogP contribution in [0.5, 0.6) is 0 Å². The third kappa shape index (κ3) is 4.61. The van der Waals surface area contributed by atoms with Crippen molar-refractivity contribution in [1.29, 1.82) is 0 Å². The molecule has 1 aromatic heterocycles. The van der Waals surface area contributed by atoms with Crippen molar-refractivity contribution in [3.05, 3.63) is 50.2 Å². The van der Waals surface area contributed by atoms with Gasteiger partial charge < -0.3 is 15.0 Å². The lowest BCUT2D eigenvalue weighted by atomic mass is 10.2. The number of ether oxygens (including phenoxy) is 1. The van der Waals surface area contributed by atoms with E-state index in [0.717, 1.165) is 18.8 Å². The Morgan fingerprint density at radius 3 is 2.22 bits per heavy atom. The van der Waals surface area contributed by atoms with Crippen LogP contribution in [-0.2, 0) is 4.74 Å². The highest BCUT2D eigenvalue weighted by molar-refractivity contribution is 6.52. The van der Waals surface area contributed by atoms with Crippen LogP contribution in [0.3, 0.4) is 0 Å². The lowest BCUT2D eigenvalue weighted by Gasteiger charge is -2.36. The van der Waals surface area contributed by atoms with Crippen LogP contribution >= 0.6 is 46.4 Å². The zero-order valence-corrected chi connectivity index (χ0v) is 17.6. The highest BCUT2D eigenvalue weighted by Gasteiger charge is 2.23. The number of carbonyl (C=O) groups is 1. The first kappa shape index (κ1) is 20.5. The monoisotopic (exact) mass is 447 g/mol. The van der Waals surface area contributed by atoms with Crippen molar-refractivity contribution >= 4 is 63.7 Å². The zero-order valence-electron chi connectivity index (χ0n) is 14.6. The number of morpholine rings is 1. The molecule has 1 fully saturated rings. The smallest absolute Gasteiger partial charge is 0.275 e. The molecule has 5 nitrogen and oxygen atoms in total. The van der Waals surface area contributed by atoms with Crippen molar-refractivity contribution in [3.8, 4) is 0 Å². The molecule has 1 saturated heterocycles. The molecule has 0 bridgehead atoms. The Morgan fingerprint density at radius 1 is 1.04 bits per heavy atom. The topological polar surface area (TPSA) is 54.5 Å². The molecular weight excluding hydrogens is 432 g/mol. The molecule has 144 valence electrons. The largest absolute Gasteiger partial charge is 0.372 e. The summed E-state index contributed by atoms with van der Waals surface area (Å²) in [5.41, 5.74) is 1.57. The van der Waals surface area contributed by atoms with Crippen molar-refractivity contribution in [3.63, 3.8) is 0 Å². The van der Waals surface area contributed by atoms with E-state index in [-0.39, 0.29) is 38.1 Å². The standard InChI is InChI=1S/C18H17Cl4N3O2/c1-9-7-25(8-10(2)27-9)12-5-3-11(4-6-12)23-18(26)16-14(20)13(19)15(21)17(22)24-16/h3-6,9-10H,7-8H2,1-2H3,(H,23,26)/t9-,10-/m1/s1. The summed E-state index contributed by atoms with van der Waals surface area (Å²) < 4.78 is 5.75. The number of nitrogens with one attached hydrogen (secondary N) is 1. The predicted octanol–water partition coefficient (Wildman–Crippen LogP) is 5.56. The van der Waals surface area contributed by atoms with Gasteiger partial charge in [0.15, 0.2) is 0 Å². The Balaban J connectivity index is 1.74. The Bertz CT molecular complexity index is 851. The van der Waals surface area contributed by atoms with Crippen LogP contribution in [0.2, 0.25) is 20.2 Å². The third-order valence-corrected chi connectivity index (χ3v) is 5.79. The van der Waals surface area contributed by atoms with Crippen molar-refractivity contribution < 1.29 is 9.53 Å². The second kappa shape index (κ2) is 8.41. The lowest BCUT2D eigenvalue weighted by Crippen LogP contribution is -2.45. The Morgan fingerprint density at radius 2 is 1.63 bits per heavy atom. The number of hydrogen-bond donors (Lipinski definition) is 1. The lowest BCUT2D eigenvalue weighted by molar-refractivity contribution is -0.00521. The van der Waals surface area contributed by atoms with Crippen LogP contribution in [0.25, 0.3) is 0 Å². The number of anilines is 2. The van der Waals surface area contributed by atoms with Crippen LogP contribution in [0.1, 0.15) is 24.3 Å². The molecule has 2 atom stereocenters. The summed E-state index contributed by atoms with van der Waals surface area (Å²) in [6.07, 6.45) is 0.335.